The van der Waals surface area contributed by atoms with Gasteiger partial charge in [-0.3, -0.25) is 14.9 Å². The zero-order chi connectivity index (χ0) is 17.3. The maximum atomic E-state index is 12.5. The van der Waals surface area contributed by atoms with Crippen molar-refractivity contribution in [2.24, 2.45) is 0 Å². The number of halogens is 1. The quantitative estimate of drug-likeness (QED) is 0.678. The highest BCUT2D eigenvalue weighted by atomic mass is 35.5. The molecule has 1 aliphatic heterocycles. The Hall–Kier alpha value is -2.80. The average molecular weight is 349 g/mol. The first-order chi connectivity index (χ1) is 11.5. The van der Waals surface area contributed by atoms with Crippen LogP contribution in [0, 0.1) is 10.1 Å². The van der Waals surface area contributed by atoms with Gasteiger partial charge in [0, 0.05) is 12.1 Å². The number of fused-ring (bicyclic) bond motifs is 1. The van der Waals surface area contributed by atoms with Crippen LogP contribution < -0.4 is 14.8 Å². The summed E-state index contributed by atoms with van der Waals surface area (Å²) in [6, 6.07) is 10.9. The van der Waals surface area contributed by atoms with Crippen LogP contribution in [0.15, 0.2) is 42.5 Å². The van der Waals surface area contributed by atoms with Crippen LogP contribution in [0.3, 0.4) is 0 Å². The molecular weight excluding hydrogens is 336 g/mol. The number of ether oxygens (including phenoxy) is 2. The third-order valence-corrected chi connectivity index (χ3v) is 3.83. The smallest absolute Gasteiger partial charge is 0.271 e. The van der Waals surface area contributed by atoms with Crippen LogP contribution in [0.4, 0.5) is 11.4 Å². The van der Waals surface area contributed by atoms with Crippen molar-refractivity contribution in [3.63, 3.8) is 0 Å². The normalized spacial score (nSPS) is 18.8. The third kappa shape index (κ3) is 3.11. The summed E-state index contributed by atoms with van der Waals surface area (Å²) < 4.78 is 11.4. The van der Waals surface area contributed by atoms with Crippen molar-refractivity contribution in [2.75, 3.05) is 5.32 Å². The molecule has 3 rings (SSSR count). The summed E-state index contributed by atoms with van der Waals surface area (Å²) in [5, 5.41) is 13.4. The number of rotatable bonds is 3. The monoisotopic (exact) mass is 348 g/mol. The number of non-ortho nitro benzene ring substituents is 1. The van der Waals surface area contributed by atoms with E-state index < -0.39 is 23.0 Å². The maximum Gasteiger partial charge on any atom is 0.271 e. The second kappa shape index (κ2) is 6.37. The number of benzene rings is 2. The summed E-state index contributed by atoms with van der Waals surface area (Å²) >= 11 is 5.98. The molecule has 1 heterocycles. The first-order valence-electron chi connectivity index (χ1n) is 7.13. The lowest BCUT2D eigenvalue weighted by Gasteiger charge is -2.31. The van der Waals surface area contributed by atoms with Crippen LogP contribution in [0.1, 0.15) is 6.92 Å². The van der Waals surface area contributed by atoms with Crippen molar-refractivity contribution in [1.82, 2.24) is 0 Å². The molecule has 0 unspecified atom stereocenters. The van der Waals surface area contributed by atoms with E-state index in [2.05, 4.69) is 5.32 Å². The van der Waals surface area contributed by atoms with Gasteiger partial charge in [-0.25, -0.2) is 0 Å². The lowest BCUT2D eigenvalue weighted by atomic mass is 10.1. The fourth-order valence-corrected chi connectivity index (χ4v) is 2.55. The molecule has 0 spiro atoms. The summed E-state index contributed by atoms with van der Waals surface area (Å²) in [5.74, 6) is 0.598. The Labute approximate surface area is 142 Å². The second-order valence-corrected chi connectivity index (χ2v) is 5.63. The molecule has 8 heteroatoms. The highest BCUT2D eigenvalue weighted by Gasteiger charge is 2.34. The minimum absolute atomic E-state index is 0.0716. The van der Waals surface area contributed by atoms with Gasteiger partial charge in [0.05, 0.1) is 15.6 Å². The van der Waals surface area contributed by atoms with Crippen molar-refractivity contribution in [2.45, 2.75) is 19.1 Å². The topological polar surface area (TPSA) is 90.7 Å². The van der Waals surface area contributed by atoms with Crippen molar-refractivity contribution in [3.8, 4) is 11.5 Å². The molecule has 0 fully saturated rings. The summed E-state index contributed by atoms with van der Waals surface area (Å²) in [6.45, 7) is 1.72. The fourth-order valence-electron chi connectivity index (χ4n) is 2.33. The Bertz CT molecular complexity index is 811. The molecule has 0 bridgehead atoms. The zero-order valence-electron chi connectivity index (χ0n) is 12.6. The molecule has 7 nitrogen and oxygen atoms in total. The molecule has 1 amide bonds. The predicted octanol–water partition coefficient (Wildman–Crippen LogP) is 3.42. The molecule has 0 saturated carbocycles. The van der Waals surface area contributed by atoms with Crippen LogP contribution in [0.25, 0.3) is 0 Å². The second-order valence-electron chi connectivity index (χ2n) is 5.22. The van der Waals surface area contributed by atoms with Crippen molar-refractivity contribution in [3.05, 3.63) is 57.6 Å². The summed E-state index contributed by atoms with van der Waals surface area (Å²) in [6.07, 6.45) is -1.37. The largest absolute Gasteiger partial charge is 0.482 e. The predicted molar refractivity (Wildman–Crippen MR) is 87.7 cm³/mol. The van der Waals surface area contributed by atoms with Crippen LogP contribution in [0.5, 0.6) is 11.5 Å². The van der Waals surface area contributed by atoms with E-state index in [1.165, 1.54) is 18.2 Å². The molecule has 2 aromatic rings. The Morgan fingerprint density at radius 2 is 1.88 bits per heavy atom. The molecule has 0 aromatic heterocycles. The number of anilines is 1. The molecule has 24 heavy (non-hydrogen) atoms. The van der Waals surface area contributed by atoms with Gasteiger partial charge < -0.3 is 14.8 Å². The van der Waals surface area contributed by atoms with E-state index >= 15 is 0 Å². The van der Waals surface area contributed by atoms with E-state index in [0.29, 0.717) is 11.5 Å². The summed E-state index contributed by atoms with van der Waals surface area (Å²) in [5.41, 5.74) is 0.111. The van der Waals surface area contributed by atoms with Crippen LogP contribution in [0.2, 0.25) is 5.02 Å². The number of amides is 1. The van der Waals surface area contributed by atoms with E-state index in [-0.39, 0.29) is 16.4 Å². The van der Waals surface area contributed by atoms with Crippen LogP contribution in [-0.2, 0) is 4.79 Å². The highest BCUT2D eigenvalue weighted by molar-refractivity contribution is 6.34. The van der Waals surface area contributed by atoms with Crippen LogP contribution in [-0.4, -0.2) is 23.0 Å². The molecule has 124 valence electrons. The van der Waals surface area contributed by atoms with Gasteiger partial charge in [0.15, 0.2) is 11.5 Å². The number of nitro benzene ring substituents is 1. The number of nitrogens with one attached hydrogen (secondary N) is 1. The highest BCUT2D eigenvalue weighted by Crippen LogP contribution is 2.34. The van der Waals surface area contributed by atoms with Gasteiger partial charge in [0.2, 0.25) is 6.10 Å². The summed E-state index contributed by atoms with van der Waals surface area (Å²) in [4.78, 5) is 22.6. The van der Waals surface area contributed by atoms with E-state index in [9.17, 15) is 14.9 Å². The lowest BCUT2D eigenvalue weighted by molar-refractivity contribution is -0.384. The number of carbonyl (C=O) groups is 1. The Balaban J connectivity index is 1.77. The Morgan fingerprint density at radius 3 is 2.50 bits per heavy atom. The van der Waals surface area contributed by atoms with Crippen molar-refractivity contribution in [1.29, 1.82) is 0 Å². The minimum Gasteiger partial charge on any atom is -0.482 e. The van der Waals surface area contributed by atoms with E-state index in [1.54, 1.807) is 25.1 Å². The van der Waals surface area contributed by atoms with Gasteiger partial charge in [-0.05, 0) is 25.1 Å². The SMILES string of the molecule is C[C@H]1Oc2ccccc2O[C@@H]1C(=O)Nc1ccc([N+](=O)[O-])cc1Cl. The van der Waals surface area contributed by atoms with Gasteiger partial charge in [-0.2, -0.15) is 0 Å². The van der Waals surface area contributed by atoms with Crippen molar-refractivity contribution >= 4 is 28.9 Å². The number of hydrogen-bond acceptors (Lipinski definition) is 5. The van der Waals surface area contributed by atoms with Gasteiger partial charge in [0.25, 0.3) is 11.6 Å². The number of hydrogen-bond donors (Lipinski definition) is 1. The molecule has 0 aliphatic carbocycles. The van der Waals surface area contributed by atoms with Crippen molar-refractivity contribution < 1.29 is 19.2 Å². The number of nitrogens with zero attached hydrogens (tertiary/aromatic N) is 1. The molecular formula is C16H13ClN2O5. The van der Waals surface area contributed by atoms with E-state index in [4.69, 9.17) is 21.1 Å². The van der Waals surface area contributed by atoms with E-state index in [1.807, 2.05) is 6.07 Å². The van der Waals surface area contributed by atoms with Crippen LogP contribution >= 0.6 is 11.6 Å². The van der Waals surface area contributed by atoms with Gasteiger partial charge in [-0.1, -0.05) is 23.7 Å². The lowest BCUT2D eigenvalue weighted by Crippen LogP contribution is -2.46. The first-order valence-corrected chi connectivity index (χ1v) is 7.50. The molecule has 0 saturated heterocycles. The average Bonchev–Trinajstić information content (AvgIpc) is 2.55. The molecule has 2 atom stereocenters. The van der Waals surface area contributed by atoms with Gasteiger partial charge >= 0.3 is 0 Å². The Kier molecular flexibility index (Phi) is 4.26. The first kappa shape index (κ1) is 16.1. The number of carbonyl (C=O) groups excluding carboxylic acids is 1. The summed E-state index contributed by atoms with van der Waals surface area (Å²) in [7, 11) is 0. The fraction of sp³-hybridized carbons (Fsp3) is 0.188. The van der Waals surface area contributed by atoms with Gasteiger partial charge in [-0.15, -0.1) is 0 Å². The molecule has 1 aliphatic rings. The molecule has 1 N–H and O–H groups in total. The minimum atomic E-state index is -0.869. The number of para-hydroxylation sites is 2. The molecule has 0 radical (unpaired) electrons. The molecule has 2 aromatic carbocycles. The van der Waals surface area contributed by atoms with Gasteiger partial charge in [0.1, 0.15) is 6.10 Å². The van der Waals surface area contributed by atoms with E-state index in [0.717, 1.165) is 0 Å². The third-order valence-electron chi connectivity index (χ3n) is 3.52. The maximum absolute atomic E-state index is 12.5. The zero-order valence-corrected chi connectivity index (χ0v) is 13.3. The number of nitro groups is 1. The standard InChI is InChI=1S/C16H13ClN2O5/c1-9-15(24-14-5-3-2-4-13(14)23-9)16(20)18-12-7-6-10(19(21)22)8-11(12)17/h2-9,15H,1H3,(H,18,20)/t9-,15+/m1/s1. The Morgan fingerprint density at radius 1 is 1.21 bits per heavy atom.